The molecule has 0 unspecified atom stereocenters. The molecule has 1 aliphatic heterocycles. The fraction of sp³-hybridized carbons (Fsp3) is 0.385. The van der Waals surface area contributed by atoms with Crippen LogP contribution < -0.4 is 16.2 Å². The summed E-state index contributed by atoms with van der Waals surface area (Å²) in [7, 11) is 0. The van der Waals surface area contributed by atoms with Crippen LogP contribution in [0.1, 0.15) is 48.2 Å². The van der Waals surface area contributed by atoms with Gasteiger partial charge in [-0.2, -0.15) is 13.2 Å². The molecule has 2 heterocycles. The number of nitrogens with zero attached hydrogens (tertiary/aromatic N) is 1. The zero-order valence-corrected chi connectivity index (χ0v) is 19.6. The Kier molecular flexibility index (Phi) is 6.23. The van der Waals surface area contributed by atoms with E-state index in [2.05, 4.69) is 15.6 Å². The first-order chi connectivity index (χ1) is 17.1. The Balaban J connectivity index is 1.29. The average Bonchev–Trinajstić information content (AvgIpc) is 3.66. The second kappa shape index (κ2) is 9.24. The van der Waals surface area contributed by atoms with Crippen molar-refractivity contribution >= 4 is 22.4 Å². The van der Waals surface area contributed by atoms with Crippen molar-refractivity contribution in [2.75, 3.05) is 18.4 Å². The first-order valence-electron chi connectivity index (χ1n) is 11.9. The van der Waals surface area contributed by atoms with E-state index in [4.69, 9.17) is 0 Å². The van der Waals surface area contributed by atoms with Gasteiger partial charge >= 0.3 is 6.18 Å². The lowest BCUT2D eigenvalue weighted by Gasteiger charge is -2.35. The molecule has 2 aromatic carbocycles. The van der Waals surface area contributed by atoms with E-state index >= 15 is 0 Å². The number of benzene rings is 2. The molecule has 6 nitrogen and oxygen atoms in total. The number of fused-ring (bicyclic) bond motifs is 2. The van der Waals surface area contributed by atoms with Gasteiger partial charge in [-0.25, -0.2) is 4.39 Å². The Labute approximate surface area is 204 Å². The van der Waals surface area contributed by atoms with E-state index in [1.165, 1.54) is 12.1 Å². The quantitative estimate of drug-likeness (QED) is 0.434. The number of hydrogen-bond acceptors (Lipinski definition) is 4. The van der Waals surface area contributed by atoms with Crippen molar-refractivity contribution in [3.63, 3.8) is 0 Å². The van der Waals surface area contributed by atoms with E-state index in [0.717, 1.165) is 31.0 Å². The first-order valence-corrected chi connectivity index (χ1v) is 11.9. The number of hydrogen-bond donors (Lipinski definition) is 3. The predicted octanol–water partition coefficient (Wildman–Crippen LogP) is 4.50. The maximum atomic E-state index is 14.7. The van der Waals surface area contributed by atoms with Crippen LogP contribution in [0.3, 0.4) is 0 Å². The summed E-state index contributed by atoms with van der Waals surface area (Å²) in [5, 5.41) is 6.94. The van der Waals surface area contributed by atoms with Crippen LogP contribution in [0.5, 0.6) is 0 Å². The number of halogens is 4. The van der Waals surface area contributed by atoms with Gasteiger partial charge in [-0.15, -0.1) is 0 Å². The molecule has 3 N–H and O–H groups in total. The second-order valence-electron chi connectivity index (χ2n) is 9.48. The van der Waals surface area contributed by atoms with Crippen LogP contribution >= 0.6 is 0 Å². The Bertz CT molecular complexity index is 1380. The number of aromatic nitrogens is 1. The molecule has 36 heavy (non-hydrogen) atoms. The molecule has 0 spiro atoms. The molecule has 3 aromatic rings. The highest BCUT2D eigenvalue weighted by atomic mass is 19.4. The number of nitrogens with one attached hydrogen (secondary N) is 3. The summed E-state index contributed by atoms with van der Waals surface area (Å²) in [4.78, 5) is 29.7. The minimum atomic E-state index is -4.42. The topological polar surface area (TPSA) is 77.2 Å². The van der Waals surface area contributed by atoms with Crippen LogP contribution in [-0.2, 0) is 23.9 Å². The summed E-state index contributed by atoms with van der Waals surface area (Å²) in [6.07, 6.45) is -1.89. The summed E-state index contributed by atoms with van der Waals surface area (Å²) >= 11 is 0. The molecular weight excluding hydrogens is 476 g/mol. The maximum Gasteiger partial charge on any atom is 0.416 e. The second-order valence-corrected chi connectivity index (χ2v) is 9.48. The highest BCUT2D eigenvalue weighted by Gasteiger charge is 2.33. The largest absolute Gasteiger partial charge is 0.416 e. The SMILES string of the molecule is C[C@H]1c2ccc(C(F)(F)F)cc2CCN1C(=O)CNc1cc2cc(CNC3CC3)[nH]c(=O)c2cc1F. The molecule has 0 bridgehead atoms. The van der Waals surface area contributed by atoms with E-state index in [1.54, 1.807) is 17.9 Å². The summed E-state index contributed by atoms with van der Waals surface area (Å²) in [6.45, 7) is 2.35. The number of pyridine rings is 1. The van der Waals surface area contributed by atoms with Gasteiger partial charge in [0.1, 0.15) is 5.82 Å². The van der Waals surface area contributed by atoms with Crippen LogP contribution in [-0.4, -0.2) is 34.9 Å². The summed E-state index contributed by atoms with van der Waals surface area (Å²) in [5.74, 6) is -0.950. The first kappa shape index (κ1) is 24.3. The molecule has 190 valence electrons. The minimum absolute atomic E-state index is 0.0995. The zero-order valence-electron chi connectivity index (χ0n) is 19.6. The predicted molar refractivity (Wildman–Crippen MR) is 128 cm³/mol. The van der Waals surface area contributed by atoms with Gasteiger partial charge < -0.3 is 20.5 Å². The summed E-state index contributed by atoms with van der Waals surface area (Å²) < 4.78 is 53.8. The molecular formula is C26H26F4N4O2. The van der Waals surface area contributed by atoms with Gasteiger partial charge in [0.2, 0.25) is 5.91 Å². The van der Waals surface area contributed by atoms with Gasteiger partial charge in [-0.1, -0.05) is 6.07 Å². The van der Waals surface area contributed by atoms with Gasteiger partial charge in [0, 0.05) is 24.8 Å². The third-order valence-corrected chi connectivity index (χ3v) is 6.91. The summed E-state index contributed by atoms with van der Waals surface area (Å²) in [5.41, 5.74) is 0.964. The third-order valence-electron chi connectivity index (χ3n) is 6.91. The molecule has 0 saturated heterocycles. The standard InChI is InChI=1S/C26H26F4N4O2/c1-14-20-5-2-17(26(28,29)30)8-15(20)6-7-34(14)24(35)13-32-23-10-16-9-19(12-31-18-3-4-18)33-25(36)21(16)11-22(23)27/h2,5,8-11,14,18,31-32H,3-4,6-7,12-13H2,1H3,(H,33,36)/t14-/m0/s1. The lowest BCUT2D eigenvalue weighted by atomic mass is 9.91. The number of aromatic amines is 1. The highest BCUT2D eigenvalue weighted by molar-refractivity contribution is 5.87. The average molecular weight is 503 g/mol. The Morgan fingerprint density at radius 3 is 2.67 bits per heavy atom. The molecule has 1 aromatic heterocycles. The number of anilines is 1. The van der Waals surface area contributed by atoms with Crippen LogP contribution in [0.15, 0.2) is 41.2 Å². The minimum Gasteiger partial charge on any atom is -0.374 e. The number of amides is 1. The van der Waals surface area contributed by atoms with Crippen molar-refractivity contribution in [1.29, 1.82) is 0 Å². The molecule has 1 fully saturated rings. The molecule has 1 saturated carbocycles. The number of alkyl halides is 3. The van der Waals surface area contributed by atoms with E-state index in [1.807, 2.05) is 0 Å². The lowest BCUT2D eigenvalue weighted by Crippen LogP contribution is -2.41. The van der Waals surface area contributed by atoms with E-state index < -0.39 is 23.6 Å². The fourth-order valence-corrected chi connectivity index (χ4v) is 4.74. The van der Waals surface area contributed by atoms with Gasteiger partial charge in [-0.05, 0) is 73.0 Å². The number of rotatable bonds is 6. The van der Waals surface area contributed by atoms with Crippen molar-refractivity contribution in [3.8, 4) is 0 Å². The van der Waals surface area contributed by atoms with Crippen molar-refractivity contribution in [1.82, 2.24) is 15.2 Å². The number of carbonyl (C=O) groups excluding carboxylic acids is 1. The Morgan fingerprint density at radius 2 is 1.94 bits per heavy atom. The van der Waals surface area contributed by atoms with E-state index in [-0.39, 0.29) is 35.6 Å². The molecule has 10 heteroatoms. The zero-order chi connectivity index (χ0) is 25.6. The van der Waals surface area contributed by atoms with Crippen molar-refractivity contribution in [2.45, 2.75) is 51.0 Å². The van der Waals surface area contributed by atoms with Crippen LogP contribution in [0, 0.1) is 5.82 Å². The van der Waals surface area contributed by atoms with Gasteiger partial charge in [0.25, 0.3) is 5.56 Å². The van der Waals surface area contributed by atoms with Gasteiger partial charge in [-0.3, -0.25) is 9.59 Å². The van der Waals surface area contributed by atoms with Crippen LogP contribution in [0.2, 0.25) is 0 Å². The molecule has 1 aliphatic carbocycles. The highest BCUT2D eigenvalue weighted by Crippen LogP contribution is 2.35. The molecule has 5 rings (SSSR count). The number of carbonyl (C=O) groups is 1. The maximum absolute atomic E-state index is 14.7. The molecule has 1 amide bonds. The fourth-order valence-electron chi connectivity index (χ4n) is 4.74. The smallest absolute Gasteiger partial charge is 0.374 e. The van der Waals surface area contributed by atoms with E-state index in [9.17, 15) is 27.2 Å². The van der Waals surface area contributed by atoms with Crippen LogP contribution in [0.25, 0.3) is 10.8 Å². The van der Waals surface area contributed by atoms with Crippen LogP contribution in [0.4, 0.5) is 23.2 Å². The Hall–Kier alpha value is -3.40. The van der Waals surface area contributed by atoms with Gasteiger partial charge in [0.15, 0.2) is 0 Å². The van der Waals surface area contributed by atoms with Crippen molar-refractivity contribution in [2.24, 2.45) is 0 Å². The molecule has 0 radical (unpaired) electrons. The Morgan fingerprint density at radius 1 is 1.17 bits per heavy atom. The van der Waals surface area contributed by atoms with Crippen molar-refractivity contribution in [3.05, 3.63) is 75.0 Å². The van der Waals surface area contributed by atoms with Gasteiger partial charge in [0.05, 0.1) is 29.2 Å². The summed E-state index contributed by atoms with van der Waals surface area (Å²) in [6, 6.07) is 8.11. The van der Waals surface area contributed by atoms with E-state index in [0.29, 0.717) is 41.2 Å². The monoisotopic (exact) mass is 502 g/mol. The third kappa shape index (κ3) is 4.95. The van der Waals surface area contributed by atoms with Crippen molar-refractivity contribution < 1.29 is 22.4 Å². The molecule has 2 aliphatic rings. The normalized spacial score (nSPS) is 17.8. The molecule has 1 atom stereocenters. The number of H-pyrrole nitrogens is 1. The lowest BCUT2D eigenvalue weighted by molar-refractivity contribution is -0.138.